The molecule has 2 aliphatic rings. The molecule has 1 aromatic carbocycles. The average Bonchev–Trinajstić information content (AvgIpc) is 2.86. The Bertz CT molecular complexity index is 801. The van der Waals surface area contributed by atoms with Gasteiger partial charge in [-0.3, -0.25) is 4.79 Å². The van der Waals surface area contributed by atoms with Crippen molar-refractivity contribution in [2.45, 2.75) is 102 Å². The molecular formula is C30H41NO2. The summed E-state index contributed by atoms with van der Waals surface area (Å²) < 4.78 is 5.91. The molecule has 2 saturated carbocycles. The van der Waals surface area contributed by atoms with Crippen LogP contribution in [0.3, 0.4) is 0 Å². The number of carbonyl (C=O) groups is 1. The summed E-state index contributed by atoms with van der Waals surface area (Å²) in [4.78, 5) is 12.8. The third-order valence-corrected chi connectivity index (χ3v) is 7.50. The number of nitriles is 1. The van der Waals surface area contributed by atoms with Crippen molar-refractivity contribution >= 4 is 5.97 Å². The zero-order chi connectivity index (χ0) is 23.3. The Morgan fingerprint density at radius 2 is 1.70 bits per heavy atom. The summed E-state index contributed by atoms with van der Waals surface area (Å²) in [6.45, 7) is 2.26. The van der Waals surface area contributed by atoms with Gasteiger partial charge in [0.2, 0.25) is 0 Å². The van der Waals surface area contributed by atoms with Crippen molar-refractivity contribution in [3.63, 3.8) is 0 Å². The molecule has 0 amide bonds. The molecule has 33 heavy (non-hydrogen) atoms. The van der Waals surface area contributed by atoms with Gasteiger partial charge in [0.15, 0.2) is 0 Å². The van der Waals surface area contributed by atoms with E-state index in [9.17, 15) is 4.79 Å². The lowest BCUT2D eigenvalue weighted by Gasteiger charge is -2.31. The van der Waals surface area contributed by atoms with Gasteiger partial charge in [-0.25, -0.2) is 0 Å². The van der Waals surface area contributed by atoms with E-state index in [1.807, 2.05) is 12.1 Å². The highest BCUT2D eigenvalue weighted by atomic mass is 16.5. The number of ether oxygens (including phenoxy) is 1. The first-order valence-corrected chi connectivity index (χ1v) is 13.2. The average molecular weight is 448 g/mol. The number of benzene rings is 1. The number of allylic oxidation sites excluding steroid dienone is 4. The smallest absolute Gasteiger partial charge is 0.309 e. The lowest BCUT2D eigenvalue weighted by Crippen LogP contribution is -2.29. The van der Waals surface area contributed by atoms with Crippen LogP contribution in [0.4, 0.5) is 0 Å². The summed E-state index contributed by atoms with van der Waals surface area (Å²) in [6, 6.07) is 11.3. The topological polar surface area (TPSA) is 50.1 Å². The van der Waals surface area contributed by atoms with Gasteiger partial charge in [0, 0.05) is 6.08 Å². The number of hydrogen-bond donors (Lipinski definition) is 0. The maximum Gasteiger partial charge on any atom is 0.309 e. The molecule has 3 heteroatoms. The summed E-state index contributed by atoms with van der Waals surface area (Å²) in [7, 11) is 0. The van der Waals surface area contributed by atoms with Crippen molar-refractivity contribution < 1.29 is 9.53 Å². The highest BCUT2D eigenvalue weighted by molar-refractivity contribution is 5.72. The number of nitrogens with zero attached hydrogens (tertiary/aromatic N) is 1. The van der Waals surface area contributed by atoms with E-state index in [1.165, 1.54) is 49.3 Å². The number of carbonyl (C=O) groups excluding carboxylic acids is 1. The van der Waals surface area contributed by atoms with Crippen molar-refractivity contribution in [1.82, 2.24) is 0 Å². The summed E-state index contributed by atoms with van der Waals surface area (Å²) >= 11 is 0. The summed E-state index contributed by atoms with van der Waals surface area (Å²) in [5.74, 6) is 1.22. The van der Waals surface area contributed by atoms with E-state index in [1.54, 1.807) is 6.08 Å². The van der Waals surface area contributed by atoms with E-state index in [0.717, 1.165) is 51.4 Å². The Kier molecular flexibility index (Phi) is 10.8. The molecule has 0 saturated heterocycles. The molecule has 0 aliphatic heterocycles. The van der Waals surface area contributed by atoms with Crippen LogP contribution in [0.25, 0.3) is 0 Å². The monoisotopic (exact) mass is 447 g/mol. The van der Waals surface area contributed by atoms with E-state index in [4.69, 9.17) is 10.00 Å². The lowest BCUT2D eigenvalue weighted by atomic mass is 9.78. The van der Waals surface area contributed by atoms with Gasteiger partial charge in [-0.15, -0.1) is 0 Å². The number of esters is 1. The van der Waals surface area contributed by atoms with Gasteiger partial charge in [-0.1, -0.05) is 68.7 Å². The number of rotatable bonds is 10. The van der Waals surface area contributed by atoms with Crippen molar-refractivity contribution in [3.8, 4) is 6.07 Å². The molecule has 0 aromatic heterocycles. The van der Waals surface area contributed by atoms with E-state index >= 15 is 0 Å². The van der Waals surface area contributed by atoms with E-state index in [0.29, 0.717) is 11.8 Å². The molecule has 0 bridgehead atoms. The van der Waals surface area contributed by atoms with Crippen molar-refractivity contribution in [1.29, 1.82) is 5.26 Å². The van der Waals surface area contributed by atoms with Crippen LogP contribution in [0, 0.1) is 23.2 Å². The van der Waals surface area contributed by atoms with Crippen LogP contribution >= 0.6 is 0 Å². The number of unbranched alkanes of at least 4 members (excludes halogenated alkanes) is 3. The predicted octanol–water partition coefficient (Wildman–Crippen LogP) is 7.82. The van der Waals surface area contributed by atoms with Crippen LogP contribution in [0.5, 0.6) is 0 Å². The maximum absolute atomic E-state index is 12.8. The molecule has 3 nitrogen and oxygen atoms in total. The molecule has 0 spiro atoms. The van der Waals surface area contributed by atoms with Crippen molar-refractivity contribution in [2.24, 2.45) is 11.8 Å². The fourth-order valence-corrected chi connectivity index (χ4v) is 5.35. The van der Waals surface area contributed by atoms with Crippen molar-refractivity contribution in [3.05, 3.63) is 59.7 Å². The summed E-state index contributed by atoms with van der Waals surface area (Å²) in [5, 5.41) is 8.53. The molecule has 0 heterocycles. The van der Waals surface area contributed by atoms with Crippen LogP contribution in [-0.4, -0.2) is 12.1 Å². The van der Waals surface area contributed by atoms with Crippen LogP contribution in [0.2, 0.25) is 0 Å². The van der Waals surface area contributed by atoms with E-state index in [-0.39, 0.29) is 18.0 Å². The van der Waals surface area contributed by atoms with Crippen molar-refractivity contribution in [2.75, 3.05) is 0 Å². The molecule has 1 aromatic rings. The van der Waals surface area contributed by atoms with Crippen LogP contribution < -0.4 is 0 Å². The first-order valence-electron chi connectivity index (χ1n) is 13.2. The Labute approximate surface area is 200 Å². The second-order valence-electron chi connectivity index (χ2n) is 9.95. The quantitative estimate of drug-likeness (QED) is 0.159. The molecule has 0 atom stereocenters. The second-order valence-corrected chi connectivity index (χ2v) is 9.95. The summed E-state index contributed by atoms with van der Waals surface area (Å²) in [5.41, 5.74) is 2.89. The molecule has 178 valence electrons. The summed E-state index contributed by atoms with van der Waals surface area (Å²) in [6.07, 6.45) is 22.0. The van der Waals surface area contributed by atoms with Gasteiger partial charge >= 0.3 is 5.97 Å². The van der Waals surface area contributed by atoms with Gasteiger partial charge in [0.1, 0.15) is 6.10 Å². The first-order chi connectivity index (χ1) is 16.2. The van der Waals surface area contributed by atoms with Crippen LogP contribution in [0.1, 0.15) is 101 Å². The van der Waals surface area contributed by atoms with Gasteiger partial charge in [-0.2, -0.15) is 5.26 Å². The molecule has 2 fully saturated rings. The first kappa shape index (κ1) is 25.3. The molecule has 0 unspecified atom stereocenters. The minimum absolute atomic E-state index is 0.0341. The lowest BCUT2D eigenvalue weighted by molar-refractivity contribution is -0.157. The SMILES string of the molecule is CCCCCCc1ccc([C@H]2CC[C@H](C(=O)O[C@H]3CC[C@H](C=CC=CC#N)CC3)CC2)cc1. The zero-order valence-electron chi connectivity index (χ0n) is 20.4. The highest BCUT2D eigenvalue weighted by Crippen LogP contribution is 2.37. The van der Waals surface area contributed by atoms with Crippen LogP contribution in [-0.2, 0) is 16.0 Å². The normalized spacial score (nSPS) is 25.8. The molecule has 3 rings (SSSR count). The Morgan fingerprint density at radius 1 is 0.970 bits per heavy atom. The molecular weight excluding hydrogens is 406 g/mol. The fraction of sp³-hybridized carbons (Fsp3) is 0.600. The second kappa shape index (κ2) is 14.0. The zero-order valence-corrected chi connectivity index (χ0v) is 20.4. The third-order valence-electron chi connectivity index (χ3n) is 7.50. The highest BCUT2D eigenvalue weighted by Gasteiger charge is 2.30. The number of hydrogen-bond acceptors (Lipinski definition) is 3. The van der Waals surface area contributed by atoms with Gasteiger partial charge in [0.05, 0.1) is 12.0 Å². The molecule has 0 N–H and O–H groups in total. The Morgan fingerprint density at radius 3 is 2.36 bits per heavy atom. The third kappa shape index (κ3) is 8.50. The molecule has 0 radical (unpaired) electrons. The number of aryl methyl sites for hydroxylation is 1. The van der Waals surface area contributed by atoms with Gasteiger partial charge < -0.3 is 4.74 Å². The van der Waals surface area contributed by atoms with E-state index < -0.39 is 0 Å². The predicted molar refractivity (Wildman–Crippen MR) is 135 cm³/mol. The standard InChI is InChI=1S/C30H41NO2/c1-2-3-4-6-9-24-11-15-26(16-12-24)27-17-19-28(20-18-27)30(32)33-29-21-13-25(14-22-29)10-7-5-8-23-31/h5,7-8,10-12,15-16,25,27-29H,2-4,6,9,13-14,17-22H2,1H3/t25-,27-,28-,29-. The Hall–Kier alpha value is -2.34. The van der Waals surface area contributed by atoms with Crippen LogP contribution in [0.15, 0.2) is 48.6 Å². The molecule has 2 aliphatic carbocycles. The van der Waals surface area contributed by atoms with Gasteiger partial charge in [-0.05, 0) is 87.2 Å². The van der Waals surface area contributed by atoms with E-state index in [2.05, 4.69) is 37.3 Å². The minimum Gasteiger partial charge on any atom is -0.462 e. The minimum atomic E-state index is 0.0341. The Balaban J connectivity index is 1.36. The largest absolute Gasteiger partial charge is 0.462 e. The van der Waals surface area contributed by atoms with Gasteiger partial charge in [0.25, 0.3) is 0 Å². The fourth-order valence-electron chi connectivity index (χ4n) is 5.35. The maximum atomic E-state index is 12.8.